The highest BCUT2D eigenvalue weighted by Crippen LogP contribution is 2.33. The molecule has 49 heavy (non-hydrogen) atoms. The number of para-hydroxylation sites is 2. The number of aromatic nitrogens is 2. The van der Waals surface area contributed by atoms with E-state index in [1.165, 1.54) is 32.6 Å². The predicted molar refractivity (Wildman–Crippen MR) is 206 cm³/mol. The highest BCUT2D eigenvalue weighted by atomic mass is 28.2. The molecule has 0 aliphatic carbocycles. The molecule has 0 aliphatic rings. The van der Waals surface area contributed by atoms with Crippen molar-refractivity contribution in [2.45, 2.75) is 52.0 Å². The minimum atomic E-state index is -0.674. The maximum atomic E-state index is 7.19. The fourth-order valence-electron chi connectivity index (χ4n) is 6.04. The lowest BCUT2D eigenvalue weighted by molar-refractivity contribution is 0.00163. The van der Waals surface area contributed by atoms with Gasteiger partial charge >= 0.3 is 0 Å². The van der Waals surface area contributed by atoms with Gasteiger partial charge in [-0.1, -0.05) is 83.2 Å². The summed E-state index contributed by atoms with van der Waals surface area (Å²) >= 11 is 0. The van der Waals surface area contributed by atoms with Crippen LogP contribution in [0, 0.1) is 27.7 Å². The Bertz CT molecular complexity index is 1790. The molecule has 6 aromatic rings. The monoisotopic (exact) mass is 680 g/mol. The molecule has 0 N–H and O–H groups in total. The molecule has 248 valence electrons. The lowest BCUT2D eigenvalue weighted by Gasteiger charge is -2.25. The molecule has 2 atom stereocenters. The van der Waals surface area contributed by atoms with E-state index in [4.69, 9.17) is 24.2 Å². The van der Waals surface area contributed by atoms with Crippen molar-refractivity contribution >= 4 is 29.4 Å². The summed E-state index contributed by atoms with van der Waals surface area (Å²) in [5, 5.41) is 2.94. The second-order valence-electron chi connectivity index (χ2n) is 12.6. The Morgan fingerprint density at radius 3 is 1.29 bits per heavy atom. The number of aryl methyl sites for hydroxylation is 2. The van der Waals surface area contributed by atoms with Gasteiger partial charge in [0.15, 0.2) is 0 Å². The molecule has 7 heteroatoms. The summed E-state index contributed by atoms with van der Waals surface area (Å²) in [6, 6.07) is 42.9. The van der Waals surface area contributed by atoms with Gasteiger partial charge in [-0.3, -0.25) is 9.97 Å². The van der Waals surface area contributed by atoms with Gasteiger partial charge in [0, 0.05) is 0 Å². The quantitative estimate of drug-likeness (QED) is 0.110. The average Bonchev–Trinajstić information content (AvgIpc) is 3.13. The van der Waals surface area contributed by atoms with Crippen molar-refractivity contribution < 1.29 is 14.2 Å². The van der Waals surface area contributed by atoms with Gasteiger partial charge in [0.25, 0.3) is 0 Å². The van der Waals surface area contributed by atoms with Crippen molar-refractivity contribution in [3.63, 3.8) is 0 Å². The number of benzene rings is 4. The van der Waals surface area contributed by atoms with E-state index in [9.17, 15) is 0 Å². The Hall–Kier alpha value is -4.83. The third-order valence-electron chi connectivity index (χ3n) is 9.25. The van der Waals surface area contributed by atoms with Crippen LogP contribution in [0.4, 0.5) is 0 Å². The highest BCUT2D eigenvalue weighted by Gasteiger charge is 2.24. The maximum absolute atomic E-state index is 7.19. The molecule has 2 heterocycles. The predicted octanol–water partition coefficient (Wildman–Crippen LogP) is 7.92. The topological polar surface area (TPSA) is 53.5 Å². The molecule has 6 rings (SSSR count). The van der Waals surface area contributed by atoms with Gasteiger partial charge in [-0.25, -0.2) is 0 Å². The molecular weight excluding hydrogens is 637 g/mol. The van der Waals surface area contributed by atoms with Gasteiger partial charge in [0.05, 0.1) is 55.0 Å². The summed E-state index contributed by atoms with van der Waals surface area (Å²) in [6.45, 7) is 8.87. The Morgan fingerprint density at radius 2 is 0.898 bits per heavy atom. The Morgan fingerprint density at radius 1 is 0.469 bits per heavy atom. The van der Waals surface area contributed by atoms with Crippen LogP contribution in [0.5, 0.6) is 23.0 Å². The van der Waals surface area contributed by atoms with Crippen LogP contribution in [0.15, 0.2) is 134 Å². The zero-order chi connectivity index (χ0) is 34.0. The normalized spacial score (nSPS) is 12.8. The summed E-state index contributed by atoms with van der Waals surface area (Å²) in [7, 11) is -1.35. The molecule has 5 nitrogen and oxygen atoms in total. The first kappa shape index (κ1) is 34.1. The third kappa shape index (κ3) is 9.20. The number of nitrogens with zero attached hydrogens (tertiary/aromatic N) is 2. The van der Waals surface area contributed by atoms with Crippen LogP contribution in [0.25, 0.3) is 0 Å². The first-order chi connectivity index (χ1) is 23.9. The molecule has 4 aromatic carbocycles. The van der Waals surface area contributed by atoms with Crippen LogP contribution in [-0.2, 0) is 4.74 Å². The summed E-state index contributed by atoms with van der Waals surface area (Å²) in [6.07, 6.45) is 3.26. The minimum Gasteiger partial charge on any atom is -0.456 e. The van der Waals surface area contributed by atoms with Crippen LogP contribution >= 0.6 is 0 Å². The zero-order valence-electron chi connectivity index (χ0n) is 28.8. The molecule has 0 bridgehead atoms. The molecule has 0 saturated carbocycles. The maximum Gasteiger partial charge on any atom is 0.145 e. The Balaban J connectivity index is 1.29. The first-order valence-electron chi connectivity index (χ1n) is 17.1. The second-order valence-corrected chi connectivity index (χ2v) is 16.3. The van der Waals surface area contributed by atoms with E-state index in [1.54, 1.807) is 0 Å². The first-order valence-corrected chi connectivity index (χ1v) is 20.5. The van der Waals surface area contributed by atoms with E-state index in [0.29, 0.717) is 11.5 Å². The minimum absolute atomic E-state index is 0.183. The highest BCUT2D eigenvalue weighted by molar-refractivity contribution is 6.54. The lowest BCUT2D eigenvalue weighted by atomic mass is 10.1. The Kier molecular flexibility index (Phi) is 11.5. The van der Waals surface area contributed by atoms with Crippen molar-refractivity contribution in [3.05, 3.63) is 167 Å². The number of ether oxygens (including phenoxy) is 3. The third-order valence-corrected chi connectivity index (χ3v) is 13.5. The van der Waals surface area contributed by atoms with Crippen LogP contribution in [0.2, 0.25) is 12.1 Å². The van der Waals surface area contributed by atoms with Crippen molar-refractivity contribution in [2.75, 3.05) is 0 Å². The Labute approximate surface area is 295 Å². The molecule has 0 saturated heterocycles. The molecule has 0 spiro atoms. The van der Waals surface area contributed by atoms with E-state index >= 15 is 0 Å². The summed E-state index contributed by atoms with van der Waals surface area (Å²) < 4.78 is 19.3. The number of hydrogen-bond acceptors (Lipinski definition) is 5. The molecular formula is C42H44N2O3Si2. The largest absolute Gasteiger partial charge is 0.456 e. The lowest BCUT2D eigenvalue weighted by Crippen LogP contribution is -2.25. The SMILES string of the molecule is Cc1cccc([SiH2]CC(OC(C[SiH2]c2cccc(C)c2C)c2ccc(Oc3ccccc3)cn2)c2ccc(Oc3ccccc3)cn2)c1C. The van der Waals surface area contributed by atoms with Crippen LogP contribution < -0.4 is 19.8 Å². The van der Waals surface area contributed by atoms with Gasteiger partial charge < -0.3 is 14.2 Å². The van der Waals surface area contributed by atoms with Gasteiger partial charge in [0.1, 0.15) is 23.0 Å². The van der Waals surface area contributed by atoms with Crippen LogP contribution in [-0.4, -0.2) is 29.0 Å². The fraction of sp³-hybridized carbons (Fsp3) is 0.190. The van der Waals surface area contributed by atoms with Gasteiger partial charge in [-0.05, 0) is 111 Å². The molecule has 2 unspecified atom stereocenters. The number of rotatable bonds is 14. The zero-order valence-corrected chi connectivity index (χ0v) is 31.6. The van der Waals surface area contributed by atoms with E-state index in [-0.39, 0.29) is 12.2 Å². The van der Waals surface area contributed by atoms with Gasteiger partial charge in [-0.2, -0.15) is 0 Å². The van der Waals surface area contributed by atoms with Crippen LogP contribution in [0.1, 0.15) is 45.8 Å². The molecule has 2 aromatic heterocycles. The summed E-state index contributed by atoms with van der Waals surface area (Å²) in [4.78, 5) is 9.84. The van der Waals surface area contributed by atoms with Crippen molar-refractivity contribution in [2.24, 2.45) is 0 Å². The van der Waals surface area contributed by atoms with E-state index < -0.39 is 19.0 Å². The van der Waals surface area contributed by atoms with Gasteiger partial charge in [0.2, 0.25) is 0 Å². The smallest absolute Gasteiger partial charge is 0.145 e. The van der Waals surface area contributed by atoms with Crippen molar-refractivity contribution in [1.29, 1.82) is 0 Å². The molecule has 0 amide bonds. The van der Waals surface area contributed by atoms with E-state index in [2.05, 4.69) is 76.2 Å². The fourth-order valence-corrected chi connectivity index (χ4v) is 9.97. The summed E-state index contributed by atoms with van der Waals surface area (Å²) in [5.74, 6) is 2.98. The van der Waals surface area contributed by atoms with Crippen molar-refractivity contribution in [3.8, 4) is 23.0 Å². The summed E-state index contributed by atoms with van der Waals surface area (Å²) in [5.41, 5.74) is 7.29. The van der Waals surface area contributed by atoms with E-state index in [0.717, 1.165) is 35.0 Å². The average molecular weight is 681 g/mol. The second kappa shape index (κ2) is 16.5. The van der Waals surface area contributed by atoms with Crippen LogP contribution in [0.3, 0.4) is 0 Å². The molecule has 0 radical (unpaired) electrons. The van der Waals surface area contributed by atoms with E-state index in [1.807, 2.05) is 85.2 Å². The van der Waals surface area contributed by atoms with Crippen molar-refractivity contribution in [1.82, 2.24) is 9.97 Å². The standard InChI is InChI=1S/C42H44N2O3Si2/c1-29-13-11-19-41(31(29)3)48-27-39(37-23-21-35(25-43-37)45-33-15-7-5-8-16-33)47-40(28-49-42-20-12-14-30(2)32(42)4)38-24-22-36(26-44-38)46-34-17-9-6-10-18-34/h5-26,39-40H,27-28,48-49H2,1-4H3. The number of hydrogen-bond donors (Lipinski definition) is 0. The number of pyridine rings is 2. The van der Waals surface area contributed by atoms with Gasteiger partial charge in [-0.15, -0.1) is 0 Å². The molecule has 0 aliphatic heterocycles. The molecule has 0 fully saturated rings.